The molecule has 1 unspecified atom stereocenters. The van der Waals surface area contributed by atoms with Gasteiger partial charge in [-0.3, -0.25) is 4.79 Å². The molecule has 0 fully saturated rings. The van der Waals surface area contributed by atoms with Crippen LogP contribution in [0.2, 0.25) is 0 Å². The lowest BCUT2D eigenvalue weighted by Gasteiger charge is -2.08. The van der Waals surface area contributed by atoms with Crippen molar-refractivity contribution in [2.24, 2.45) is 0 Å². The molecule has 0 saturated heterocycles. The average Bonchev–Trinajstić information content (AvgIpc) is 2.63. The third-order valence-corrected chi connectivity index (χ3v) is 4.41. The maximum absolute atomic E-state index is 12.1. The molecule has 0 aliphatic carbocycles. The van der Waals surface area contributed by atoms with Crippen molar-refractivity contribution >= 4 is 21.6 Å². The number of nitrogens with one attached hydrogen (secondary N) is 2. The smallest absolute Gasteiger partial charge is 0.240 e. The van der Waals surface area contributed by atoms with E-state index in [1.165, 1.54) is 6.07 Å². The Morgan fingerprint density at radius 1 is 1.47 bits per heavy atom. The fourth-order valence-electron chi connectivity index (χ4n) is 1.86. The summed E-state index contributed by atoms with van der Waals surface area (Å²) in [5, 5.41) is 2.71. The van der Waals surface area contributed by atoms with E-state index >= 15 is 0 Å². The molecular formula is C13H16N2O3S. The van der Waals surface area contributed by atoms with Crippen LogP contribution in [0, 0.1) is 0 Å². The van der Waals surface area contributed by atoms with Crippen molar-refractivity contribution in [1.82, 2.24) is 4.72 Å². The van der Waals surface area contributed by atoms with E-state index in [0.29, 0.717) is 11.3 Å². The largest absolute Gasteiger partial charge is 0.325 e. The van der Waals surface area contributed by atoms with Gasteiger partial charge in [-0.15, -0.1) is 0 Å². The average molecular weight is 280 g/mol. The van der Waals surface area contributed by atoms with Crippen molar-refractivity contribution in [2.45, 2.75) is 24.7 Å². The number of sulfonamides is 1. The first-order valence-electron chi connectivity index (χ1n) is 5.90. The molecule has 102 valence electrons. The third-order valence-electron chi connectivity index (χ3n) is 3.01. The van der Waals surface area contributed by atoms with Gasteiger partial charge in [-0.2, -0.15) is 0 Å². The minimum Gasteiger partial charge on any atom is -0.325 e. The van der Waals surface area contributed by atoms with Gasteiger partial charge in [-0.05, 0) is 37.6 Å². The number of carbonyl (C=O) groups is 1. The molecular weight excluding hydrogens is 264 g/mol. The van der Waals surface area contributed by atoms with Gasteiger partial charge in [-0.25, -0.2) is 13.1 Å². The van der Waals surface area contributed by atoms with Gasteiger partial charge in [0.05, 0.1) is 10.8 Å². The topological polar surface area (TPSA) is 75.3 Å². The summed E-state index contributed by atoms with van der Waals surface area (Å²) in [4.78, 5) is 11.7. The van der Waals surface area contributed by atoms with E-state index in [1.807, 2.05) is 0 Å². The van der Waals surface area contributed by atoms with Crippen LogP contribution in [-0.2, 0) is 14.8 Å². The zero-order valence-electron chi connectivity index (χ0n) is 10.9. The van der Waals surface area contributed by atoms with Crippen molar-refractivity contribution < 1.29 is 13.2 Å². The van der Waals surface area contributed by atoms with Crippen molar-refractivity contribution in [3.8, 4) is 0 Å². The Hall–Kier alpha value is -1.66. The predicted octanol–water partition coefficient (Wildman–Crippen LogP) is 1.60. The van der Waals surface area contributed by atoms with E-state index in [1.54, 1.807) is 26.0 Å². The lowest BCUT2D eigenvalue weighted by molar-refractivity contribution is -0.116. The van der Waals surface area contributed by atoms with Gasteiger partial charge < -0.3 is 5.32 Å². The molecule has 6 heteroatoms. The number of anilines is 1. The van der Waals surface area contributed by atoms with Gasteiger partial charge in [0.15, 0.2) is 0 Å². The van der Waals surface area contributed by atoms with Crippen molar-refractivity contribution in [3.05, 3.63) is 35.9 Å². The van der Waals surface area contributed by atoms with E-state index in [-0.39, 0.29) is 23.3 Å². The molecule has 19 heavy (non-hydrogen) atoms. The Morgan fingerprint density at radius 3 is 2.79 bits per heavy atom. The summed E-state index contributed by atoms with van der Waals surface area (Å²) in [6.45, 7) is 7.35. The van der Waals surface area contributed by atoms with Crippen LogP contribution in [-0.4, -0.2) is 20.9 Å². The molecule has 1 amide bonds. The highest BCUT2D eigenvalue weighted by Crippen LogP contribution is 2.33. The fraction of sp³-hybridized carbons (Fsp3) is 0.308. The highest BCUT2D eigenvalue weighted by molar-refractivity contribution is 7.89. The zero-order chi connectivity index (χ0) is 14.2. The lowest BCUT2D eigenvalue weighted by Crippen LogP contribution is -2.25. The second kappa shape index (κ2) is 4.79. The first kappa shape index (κ1) is 13.8. The van der Waals surface area contributed by atoms with Crippen LogP contribution in [0.4, 0.5) is 5.69 Å². The molecule has 1 aliphatic heterocycles. The van der Waals surface area contributed by atoms with E-state index < -0.39 is 10.0 Å². The molecule has 1 atom stereocenters. The zero-order valence-corrected chi connectivity index (χ0v) is 11.7. The van der Waals surface area contributed by atoms with Crippen LogP contribution in [0.3, 0.4) is 0 Å². The molecule has 0 bridgehead atoms. The van der Waals surface area contributed by atoms with Crippen LogP contribution in [0.25, 0.3) is 0 Å². The minimum atomic E-state index is -3.57. The number of rotatable bonds is 4. The second-order valence-corrected chi connectivity index (χ2v) is 6.51. The SMILES string of the molecule is C=C(C)CNS(=O)(=O)c1ccc2c(c1)C(C)C(=O)N2. The molecule has 0 spiro atoms. The van der Waals surface area contributed by atoms with Crippen LogP contribution in [0.5, 0.6) is 0 Å². The minimum absolute atomic E-state index is 0.112. The van der Waals surface area contributed by atoms with Crippen LogP contribution >= 0.6 is 0 Å². The number of carbonyl (C=O) groups excluding carboxylic acids is 1. The van der Waals surface area contributed by atoms with E-state index in [0.717, 1.165) is 5.57 Å². The standard InChI is InChI=1S/C13H16N2O3S/c1-8(2)7-14-19(17,18)10-4-5-12-11(6-10)9(3)13(16)15-12/h4-6,9,14H,1,7H2,2-3H3,(H,15,16). The summed E-state index contributed by atoms with van der Waals surface area (Å²) in [5.74, 6) is -0.439. The van der Waals surface area contributed by atoms with E-state index in [2.05, 4.69) is 16.6 Å². The fourth-order valence-corrected chi connectivity index (χ4v) is 3.00. The highest BCUT2D eigenvalue weighted by Gasteiger charge is 2.28. The molecule has 0 saturated carbocycles. The van der Waals surface area contributed by atoms with Crippen LogP contribution < -0.4 is 10.0 Å². The van der Waals surface area contributed by atoms with Gasteiger partial charge in [0.1, 0.15) is 0 Å². The summed E-state index contributed by atoms with van der Waals surface area (Å²) in [6.07, 6.45) is 0. The molecule has 1 heterocycles. The Morgan fingerprint density at radius 2 is 2.16 bits per heavy atom. The van der Waals surface area contributed by atoms with Gasteiger partial charge >= 0.3 is 0 Å². The van der Waals surface area contributed by atoms with E-state index in [9.17, 15) is 13.2 Å². The Bertz CT molecular complexity index is 650. The summed E-state index contributed by atoms with van der Waals surface area (Å²) < 4.78 is 26.6. The van der Waals surface area contributed by atoms with Gasteiger partial charge in [0, 0.05) is 12.2 Å². The lowest BCUT2D eigenvalue weighted by atomic mass is 10.0. The van der Waals surface area contributed by atoms with Crippen molar-refractivity contribution in [2.75, 3.05) is 11.9 Å². The quantitative estimate of drug-likeness (QED) is 0.823. The Labute approximate surface area is 112 Å². The second-order valence-electron chi connectivity index (χ2n) is 4.74. The van der Waals surface area contributed by atoms with Crippen LogP contribution in [0.15, 0.2) is 35.2 Å². The molecule has 2 N–H and O–H groups in total. The monoisotopic (exact) mass is 280 g/mol. The van der Waals surface area contributed by atoms with Gasteiger partial charge in [0.2, 0.25) is 15.9 Å². The number of amides is 1. The van der Waals surface area contributed by atoms with Crippen molar-refractivity contribution in [1.29, 1.82) is 0 Å². The Balaban J connectivity index is 2.33. The molecule has 1 aliphatic rings. The molecule has 1 aromatic carbocycles. The maximum atomic E-state index is 12.1. The van der Waals surface area contributed by atoms with E-state index in [4.69, 9.17) is 0 Å². The molecule has 2 rings (SSSR count). The molecule has 5 nitrogen and oxygen atoms in total. The summed E-state index contributed by atoms with van der Waals surface area (Å²) in [6, 6.07) is 4.64. The first-order chi connectivity index (χ1) is 8.81. The first-order valence-corrected chi connectivity index (χ1v) is 7.38. The maximum Gasteiger partial charge on any atom is 0.240 e. The summed E-state index contributed by atoms with van der Waals surface area (Å²) >= 11 is 0. The van der Waals surface area contributed by atoms with Gasteiger partial charge in [-0.1, -0.05) is 12.2 Å². The third kappa shape index (κ3) is 2.69. The van der Waals surface area contributed by atoms with Crippen molar-refractivity contribution in [3.63, 3.8) is 0 Å². The normalized spacial score (nSPS) is 18.0. The predicted molar refractivity (Wildman–Crippen MR) is 73.5 cm³/mol. The summed E-state index contributed by atoms with van der Waals surface area (Å²) in [5.41, 5.74) is 2.12. The highest BCUT2D eigenvalue weighted by atomic mass is 32.2. The Kier molecular flexibility index (Phi) is 3.47. The number of hydrogen-bond acceptors (Lipinski definition) is 3. The van der Waals surface area contributed by atoms with Crippen LogP contribution in [0.1, 0.15) is 25.3 Å². The molecule has 1 aromatic rings. The van der Waals surface area contributed by atoms with Gasteiger partial charge in [0.25, 0.3) is 0 Å². The number of hydrogen-bond donors (Lipinski definition) is 2. The molecule has 0 aromatic heterocycles. The molecule has 0 radical (unpaired) electrons. The summed E-state index contributed by atoms with van der Waals surface area (Å²) in [7, 11) is -3.57. The number of benzene rings is 1. The number of fused-ring (bicyclic) bond motifs is 1.